The molecule has 0 aromatic heterocycles. The quantitative estimate of drug-likeness (QED) is 0.616. The molecule has 0 spiro atoms. The third-order valence-corrected chi connectivity index (χ3v) is 5.68. The van der Waals surface area contributed by atoms with E-state index in [1.54, 1.807) is 11.0 Å². The lowest BCUT2D eigenvalue weighted by molar-refractivity contribution is -0.143. The maximum atomic E-state index is 13.4. The van der Waals surface area contributed by atoms with Crippen molar-refractivity contribution in [3.8, 4) is 0 Å². The number of likely N-dealkylation sites (N-methyl/N-ethyl adjacent to an activating group) is 2. The first-order valence-corrected chi connectivity index (χ1v) is 10.5. The van der Waals surface area contributed by atoms with Gasteiger partial charge in [0.25, 0.3) is 0 Å². The summed E-state index contributed by atoms with van der Waals surface area (Å²) in [5, 5.41) is 0. The van der Waals surface area contributed by atoms with Gasteiger partial charge in [0, 0.05) is 39.1 Å². The van der Waals surface area contributed by atoms with Crippen molar-refractivity contribution in [2.24, 2.45) is 5.92 Å². The van der Waals surface area contributed by atoms with Crippen molar-refractivity contribution < 1.29 is 14.0 Å². The van der Waals surface area contributed by atoms with Crippen LogP contribution in [0.3, 0.4) is 0 Å². The van der Waals surface area contributed by atoms with E-state index in [0.717, 1.165) is 31.7 Å². The summed E-state index contributed by atoms with van der Waals surface area (Å²) in [5.41, 5.74) is 0.871. The summed E-state index contributed by atoms with van der Waals surface area (Å²) in [7, 11) is 0. The Morgan fingerprint density at radius 3 is 2.57 bits per heavy atom. The Bertz CT molecular complexity index is 648. The highest BCUT2D eigenvalue weighted by molar-refractivity contribution is 5.83. The van der Waals surface area contributed by atoms with Crippen LogP contribution in [-0.2, 0) is 16.0 Å². The Morgan fingerprint density at radius 1 is 1.18 bits per heavy atom. The van der Waals surface area contributed by atoms with E-state index in [4.69, 9.17) is 0 Å². The first kappa shape index (κ1) is 22.3. The fraction of sp³-hybridized carbons (Fsp3) is 0.636. The van der Waals surface area contributed by atoms with Crippen LogP contribution in [0.5, 0.6) is 0 Å². The minimum Gasteiger partial charge on any atom is -0.342 e. The van der Waals surface area contributed by atoms with Crippen LogP contribution in [0.1, 0.15) is 39.2 Å². The molecular formula is C22H34FN3O2. The molecule has 0 radical (unpaired) electrons. The molecule has 6 heteroatoms. The molecule has 1 aliphatic rings. The number of benzene rings is 1. The number of halogens is 1. The van der Waals surface area contributed by atoms with Gasteiger partial charge in [-0.2, -0.15) is 0 Å². The SMILES string of the molecule is CCN(CC)CCN(CC)C(=O)[C@H]1CCC(=O)N(CCc2cccc(F)c2)C1. The fourth-order valence-electron chi connectivity index (χ4n) is 3.77. The van der Waals surface area contributed by atoms with Gasteiger partial charge < -0.3 is 14.7 Å². The third kappa shape index (κ3) is 6.30. The lowest BCUT2D eigenvalue weighted by Gasteiger charge is -2.35. The average Bonchev–Trinajstić information content (AvgIpc) is 2.70. The monoisotopic (exact) mass is 391 g/mol. The first-order valence-electron chi connectivity index (χ1n) is 10.5. The Balaban J connectivity index is 1.92. The predicted octanol–water partition coefficient (Wildman–Crippen LogP) is 2.80. The van der Waals surface area contributed by atoms with E-state index in [2.05, 4.69) is 18.7 Å². The van der Waals surface area contributed by atoms with Gasteiger partial charge in [-0.15, -0.1) is 0 Å². The molecule has 5 nitrogen and oxygen atoms in total. The number of carbonyl (C=O) groups is 2. The third-order valence-electron chi connectivity index (χ3n) is 5.68. The molecule has 1 heterocycles. The minimum atomic E-state index is -0.262. The lowest BCUT2D eigenvalue weighted by atomic mass is 9.95. The first-order chi connectivity index (χ1) is 13.5. The maximum absolute atomic E-state index is 13.4. The molecule has 2 amide bonds. The summed E-state index contributed by atoms with van der Waals surface area (Å²) >= 11 is 0. The Kier molecular flexibility index (Phi) is 8.90. The van der Waals surface area contributed by atoms with Gasteiger partial charge in [0.15, 0.2) is 0 Å². The second-order valence-corrected chi connectivity index (χ2v) is 7.40. The van der Waals surface area contributed by atoms with Gasteiger partial charge in [-0.3, -0.25) is 9.59 Å². The number of amides is 2. The van der Waals surface area contributed by atoms with Crippen molar-refractivity contribution in [3.63, 3.8) is 0 Å². The van der Waals surface area contributed by atoms with Gasteiger partial charge in [0.05, 0.1) is 5.92 Å². The molecule has 1 aliphatic heterocycles. The van der Waals surface area contributed by atoms with Crippen LogP contribution < -0.4 is 0 Å². The second-order valence-electron chi connectivity index (χ2n) is 7.40. The van der Waals surface area contributed by atoms with Crippen molar-refractivity contribution in [2.45, 2.75) is 40.0 Å². The van der Waals surface area contributed by atoms with E-state index in [-0.39, 0.29) is 23.5 Å². The van der Waals surface area contributed by atoms with Crippen LogP contribution in [0.25, 0.3) is 0 Å². The highest BCUT2D eigenvalue weighted by Crippen LogP contribution is 2.20. The molecular weight excluding hydrogens is 357 g/mol. The molecule has 0 aliphatic carbocycles. The molecule has 1 aromatic carbocycles. The summed E-state index contributed by atoms with van der Waals surface area (Å²) in [4.78, 5) is 31.3. The number of hydrogen-bond donors (Lipinski definition) is 0. The summed E-state index contributed by atoms with van der Waals surface area (Å²) in [5.74, 6) is -0.159. The minimum absolute atomic E-state index is 0.0895. The Morgan fingerprint density at radius 2 is 1.93 bits per heavy atom. The van der Waals surface area contributed by atoms with E-state index >= 15 is 0 Å². The van der Waals surface area contributed by atoms with Crippen molar-refractivity contribution >= 4 is 11.8 Å². The number of hydrogen-bond acceptors (Lipinski definition) is 3. The summed E-state index contributed by atoms with van der Waals surface area (Å²) in [6, 6.07) is 6.47. The number of nitrogens with zero attached hydrogens (tertiary/aromatic N) is 3. The summed E-state index contributed by atoms with van der Waals surface area (Å²) in [6.45, 7) is 11.5. The fourth-order valence-corrected chi connectivity index (χ4v) is 3.77. The summed E-state index contributed by atoms with van der Waals surface area (Å²) < 4.78 is 13.4. The van der Waals surface area contributed by atoms with Crippen LogP contribution in [0.15, 0.2) is 24.3 Å². The molecule has 1 fully saturated rings. The molecule has 0 N–H and O–H groups in total. The predicted molar refractivity (Wildman–Crippen MR) is 109 cm³/mol. The largest absolute Gasteiger partial charge is 0.342 e. The molecule has 1 aromatic rings. The van der Waals surface area contributed by atoms with Crippen LogP contribution in [-0.4, -0.2) is 72.3 Å². The molecule has 1 saturated heterocycles. The molecule has 2 rings (SSSR count). The Hall–Kier alpha value is -1.95. The number of carbonyl (C=O) groups excluding carboxylic acids is 2. The van der Waals surface area contributed by atoms with E-state index in [1.807, 2.05) is 17.9 Å². The molecule has 0 saturated carbocycles. The average molecular weight is 392 g/mol. The molecule has 28 heavy (non-hydrogen) atoms. The smallest absolute Gasteiger partial charge is 0.227 e. The van der Waals surface area contributed by atoms with Crippen LogP contribution >= 0.6 is 0 Å². The zero-order valence-corrected chi connectivity index (χ0v) is 17.5. The van der Waals surface area contributed by atoms with Crippen LogP contribution in [0, 0.1) is 11.7 Å². The van der Waals surface area contributed by atoms with Gasteiger partial charge in [-0.1, -0.05) is 26.0 Å². The molecule has 156 valence electrons. The lowest BCUT2D eigenvalue weighted by Crippen LogP contribution is -2.48. The van der Waals surface area contributed by atoms with E-state index in [1.165, 1.54) is 12.1 Å². The Labute approximate surface area is 168 Å². The normalized spacial score (nSPS) is 17.2. The zero-order valence-electron chi connectivity index (χ0n) is 17.5. The highest BCUT2D eigenvalue weighted by Gasteiger charge is 2.32. The van der Waals surface area contributed by atoms with Crippen LogP contribution in [0.4, 0.5) is 4.39 Å². The van der Waals surface area contributed by atoms with Crippen molar-refractivity contribution in [3.05, 3.63) is 35.6 Å². The zero-order chi connectivity index (χ0) is 20.5. The molecule has 0 unspecified atom stereocenters. The van der Waals surface area contributed by atoms with Crippen molar-refractivity contribution in [1.29, 1.82) is 0 Å². The number of likely N-dealkylation sites (tertiary alicyclic amines) is 1. The van der Waals surface area contributed by atoms with Gasteiger partial charge in [-0.25, -0.2) is 4.39 Å². The van der Waals surface area contributed by atoms with E-state index < -0.39 is 0 Å². The van der Waals surface area contributed by atoms with Gasteiger partial charge in [-0.05, 0) is 50.6 Å². The topological polar surface area (TPSA) is 43.9 Å². The van der Waals surface area contributed by atoms with Crippen molar-refractivity contribution in [1.82, 2.24) is 14.7 Å². The summed E-state index contributed by atoms with van der Waals surface area (Å²) in [6.07, 6.45) is 1.63. The maximum Gasteiger partial charge on any atom is 0.227 e. The molecule has 0 bridgehead atoms. The van der Waals surface area contributed by atoms with Gasteiger partial charge >= 0.3 is 0 Å². The number of piperidine rings is 1. The molecule has 1 atom stereocenters. The van der Waals surface area contributed by atoms with E-state index in [0.29, 0.717) is 38.9 Å². The standard InChI is InChI=1S/C22H34FN3O2/c1-4-24(5-2)14-15-25(6-3)22(28)19-10-11-21(27)26(17-19)13-12-18-8-7-9-20(23)16-18/h7-9,16,19H,4-6,10-15,17H2,1-3H3/t19-/m0/s1. The van der Waals surface area contributed by atoms with Crippen molar-refractivity contribution in [2.75, 3.05) is 45.8 Å². The second kappa shape index (κ2) is 11.1. The van der Waals surface area contributed by atoms with E-state index in [9.17, 15) is 14.0 Å². The van der Waals surface area contributed by atoms with Gasteiger partial charge in [0.1, 0.15) is 5.82 Å². The van der Waals surface area contributed by atoms with Crippen LogP contribution in [0.2, 0.25) is 0 Å². The van der Waals surface area contributed by atoms with Gasteiger partial charge in [0.2, 0.25) is 11.8 Å². The highest BCUT2D eigenvalue weighted by atomic mass is 19.1. The number of rotatable bonds is 10.